The maximum atomic E-state index is 5.60. The maximum absolute atomic E-state index is 5.60. The number of rotatable bonds is 4. The molecule has 4 nitrogen and oxygen atoms in total. The van der Waals surface area contributed by atoms with Crippen LogP contribution < -0.4 is 10.1 Å². The highest BCUT2D eigenvalue weighted by Crippen LogP contribution is 2.23. The van der Waals surface area contributed by atoms with Crippen molar-refractivity contribution >= 4 is 34.8 Å². The molecule has 1 aromatic rings. The summed E-state index contributed by atoms with van der Waals surface area (Å²) in [5, 5.41) is 4.19. The summed E-state index contributed by atoms with van der Waals surface area (Å²) >= 11 is 7.69. The lowest BCUT2D eigenvalue weighted by Crippen LogP contribution is -2.53. The third-order valence-corrected chi connectivity index (χ3v) is 6.13. The second-order valence-corrected chi connectivity index (χ2v) is 7.87. The molecule has 2 aliphatic heterocycles. The minimum Gasteiger partial charge on any atom is -0.494 e. The Morgan fingerprint density at radius 2 is 1.83 bits per heavy atom. The fourth-order valence-electron chi connectivity index (χ4n) is 3.34. The van der Waals surface area contributed by atoms with E-state index < -0.39 is 0 Å². The van der Waals surface area contributed by atoms with Crippen LogP contribution >= 0.6 is 24.0 Å². The molecule has 2 saturated heterocycles. The summed E-state index contributed by atoms with van der Waals surface area (Å²) < 4.78 is 5.47. The molecular weight excluding hydrogens is 338 g/mol. The van der Waals surface area contributed by atoms with Crippen LogP contribution in [-0.2, 0) is 0 Å². The standard InChI is InChI=1S/C18H27N3OS2/c1-2-22-17-5-3-15(4-6-17)19-18(23)21-11-9-20(10-12-21)16-7-13-24-14-8-16/h3-6,16H,2,7-14H2,1H3,(H,19,23). The predicted molar refractivity (Wildman–Crippen MR) is 107 cm³/mol. The Labute approximate surface area is 154 Å². The highest BCUT2D eigenvalue weighted by molar-refractivity contribution is 7.99. The Kier molecular flexibility index (Phi) is 6.63. The van der Waals surface area contributed by atoms with E-state index in [0.29, 0.717) is 6.61 Å². The van der Waals surface area contributed by atoms with E-state index in [1.54, 1.807) is 0 Å². The van der Waals surface area contributed by atoms with Gasteiger partial charge in [-0.2, -0.15) is 11.8 Å². The Morgan fingerprint density at radius 3 is 2.46 bits per heavy atom. The Hall–Kier alpha value is -0.980. The summed E-state index contributed by atoms with van der Waals surface area (Å²) in [6, 6.07) is 8.79. The third-order valence-electron chi connectivity index (χ3n) is 4.73. The molecule has 1 aromatic carbocycles. The molecule has 1 N–H and O–H groups in total. The largest absolute Gasteiger partial charge is 0.494 e. The highest BCUT2D eigenvalue weighted by Gasteiger charge is 2.26. The summed E-state index contributed by atoms with van der Waals surface area (Å²) in [6.45, 7) is 6.97. The van der Waals surface area contributed by atoms with Gasteiger partial charge in [-0.05, 0) is 67.8 Å². The zero-order chi connectivity index (χ0) is 16.8. The van der Waals surface area contributed by atoms with Crippen LogP contribution in [0.2, 0.25) is 0 Å². The van der Waals surface area contributed by atoms with E-state index in [1.807, 2.05) is 31.2 Å². The lowest BCUT2D eigenvalue weighted by Gasteiger charge is -2.41. The van der Waals surface area contributed by atoms with Gasteiger partial charge in [-0.1, -0.05) is 0 Å². The molecule has 0 atom stereocenters. The molecule has 2 fully saturated rings. The van der Waals surface area contributed by atoms with Crippen LogP contribution in [0.15, 0.2) is 24.3 Å². The molecule has 0 bridgehead atoms. The van der Waals surface area contributed by atoms with E-state index in [0.717, 1.165) is 48.8 Å². The highest BCUT2D eigenvalue weighted by atomic mass is 32.2. The molecule has 24 heavy (non-hydrogen) atoms. The SMILES string of the molecule is CCOc1ccc(NC(=S)N2CCN(C3CCSCC3)CC2)cc1. The van der Waals surface area contributed by atoms with E-state index in [9.17, 15) is 0 Å². The van der Waals surface area contributed by atoms with Gasteiger partial charge in [0.1, 0.15) is 5.75 Å². The van der Waals surface area contributed by atoms with Crippen LogP contribution in [0.1, 0.15) is 19.8 Å². The number of hydrogen-bond acceptors (Lipinski definition) is 4. The molecule has 0 amide bonds. The number of nitrogens with one attached hydrogen (secondary N) is 1. The second kappa shape index (κ2) is 8.92. The smallest absolute Gasteiger partial charge is 0.173 e. The predicted octanol–water partition coefficient (Wildman–Crippen LogP) is 3.30. The van der Waals surface area contributed by atoms with Crippen LogP contribution in [0, 0.1) is 0 Å². The summed E-state index contributed by atoms with van der Waals surface area (Å²) in [5.41, 5.74) is 1.02. The summed E-state index contributed by atoms with van der Waals surface area (Å²) in [4.78, 5) is 4.95. The van der Waals surface area contributed by atoms with Crippen LogP contribution in [0.5, 0.6) is 5.75 Å². The average molecular weight is 366 g/mol. The lowest BCUT2D eigenvalue weighted by molar-refractivity contribution is 0.126. The van der Waals surface area contributed by atoms with Crippen LogP contribution in [0.4, 0.5) is 5.69 Å². The van der Waals surface area contributed by atoms with Crippen molar-refractivity contribution in [1.29, 1.82) is 0 Å². The van der Waals surface area contributed by atoms with E-state index in [4.69, 9.17) is 17.0 Å². The van der Waals surface area contributed by atoms with Crippen LogP contribution in [0.25, 0.3) is 0 Å². The fraction of sp³-hybridized carbons (Fsp3) is 0.611. The van der Waals surface area contributed by atoms with Crippen molar-refractivity contribution in [2.75, 3.05) is 49.6 Å². The topological polar surface area (TPSA) is 27.7 Å². The molecule has 132 valence electrons. The van der Waals surface area contributed by atoms with Crippen molar-refractivity contribution in [3.05, 3.63) is 24.3 Å². The molecule has 0 spiro atoms. The number of benzene rings is 1. The number of anilines is 1. The lowest BCUT2D eigenvalue weighted by atomic mass is 10.1. The van der Waals surface area contributed by atoms with Gasteiger partial charge in [0.05, 0.1) is 6.61 Å². The van der Waals surface area contributed by atoms with Crippen molar-refractivity contribution in [2.24, 2.45) is 0 Å². The van der Waals surface area contributed by atoms with Gasteiger partial charge in [-0.3, -0.25) is 4.90 Å². The fourth-order valence-corrected chi connectivity index (χ4v) is 4.73. The number of hydrogen-bond donors (Lipinski definition) is 1. The Morgan fingerprint density at radius 1 is 1.17 bits per heavy atom. The molecule has 2 heterocycles. The van der Waals surface area contributed by atoms with Crippen LogP contribution in [-0.4, -0.2) is 65.2 Å². The molecule has 0 aliphatic carbocycles. The Bertz CT molecular complexity index is 524. The van der Waals surface area contributed by atoms with E-state index in [1.165, 1.54) is 24.3 Å². The van der Waals surface area contributed by atoms with Gasteiger partial charge < -0.3 is 15.0 Å². The minimum absolute atomic E-state index is 0.690. The van der Waals surface area contributed by atoms with Crippen LogP contribution in [0.3, 0.4) is 0 Å². The van der Waals surface area contributed by atoms with Gasteiger partial charge in [-0.15, -0.1) is 0 Å². The molecule has 0 unspecified atom stereocenters. The maximum Gasteiger partial charge on any atom is 0.173 e. The number of thioether (sulfide) groups is 1. The van der Waals surface area contributed by atoms with Gasteiger partial charge in [-0.25, -0.2) is 0 Å². The summed E-state index contributed by atoms with van der Waals surface area (Å²) in [6.07, 6.45) is 2.69. The molecule has 3 rings (SSSR count). The number of ether oxygens (including phenoxy) is 1. The van der Waals surface area contributed by atoms with Gasteiger partial charge in [0.2, 0.25) is 0 Å². The first-order valence-corrected chi connectivity index (χ1v) is 10.4. The molecular formula is C18H27N3OS2. The summed E-state index contributed by atoms with van der Waals surface area (Å²) in [5.74, 6) is 3.54. The number of nitrogens with zero attached hydrogens (tertiary/aromatic N) is 2. The first-order chi connectivity index (χ1) is 11.8. The van der Waals surface area contributed by atoms with Crippen molar-refractivity contribution < 1.29 is 4.74 Å². The molecule has 0 saturated carbocycles. The quantitative estimate of drug-likeness (QED) is 0.823. The summed E-state index contributed by atoms with van der Waals surface area (Å²) in [7, 11) is 0. The first kappa shape index (κ1) is 17.8. The van der Waals surface area contributed by atoms with Gasteiger partial charge >= 0.3 is 0 Å². The minimum atomic E-state index is 0.690. The Balaban J connectivity index is 1.46. The van der Waals surface area contributed by atoms with E-state index in [2.05, 4.69) is 26.9 Å². The molecule has 0 aromatic heterocycles. The molecule has 0 radical (unpaired) electrons. The zero-order valence-electron chi connectivity index (χ0n) is 14.4. The van der Waals surface area contributed by atoms with Gasteiger partial charge in [0, 0.05) is 37.9 Å². The number of piperazine rings is 1. The van der Waals surface area contributed by atoms with Gasteiger partial charge in [0.15, 0.2) is 5.11 Å². The van der Waals surface area contributed by atoms with Crippen molar-refractivity contribution in [3.8, 4) is 5.75 Å². The van der Waals surface area contributed by atoms with E-state index in [-0.39, 0.29) is 0 Å². The van der Waals surface area contributed by atoms with Crippen molar-refractivity contribution in [1.82, 2.24) is 9.80 Å². The van der Waals surface area contributed by atoms with Gasteiger partial charge in [0.25, 0.3) is 0 Å². The number of thiocarbonyl (C=S) groups is 1. The molecule has 6 heteroatoms. The second-order valence-electron chi connectivity index (χ2n) is 6.25. The third kappa shape index (κ3) is 4.77. The molecule has 2 aliphatic rings. The monoisotopic (exact) mass is 365 g/mol. The zero-order valence-corrected chi connectivity index (χ0v) is 16.0. The normalized spacial score (nSPS) is 20.0. The van der Waals surface area contributed by atoms with Crippen molar-refractivity contribution in [2.45, 2.75) is 25.8 Å². The van der Waals surface area contributed by atoms with E-state index >= 15 is 0 Å². The van der Waals surface area contributed by atoms with Crippen molar-refractivity contribution in [3.63, 3.8) is 0 Å². The first-order valence-electron chi connectivity index (χ1n) is 8.87. The average Bonchev–Trinajstić information content (AvgIpc) is 2.64.